The zero-order chi connectivity index (χ0) is 13.4. The Morgan fingerprint density at radius 2 is 2.11 bits per heavy atom. The summed E-state index contributed by atoms with van der Waals surface area (Å²) in [5, 5.41) is 12.9. The van der Waals surface area contributed by atoms with E-state index in [2.05, 4.69) is 5.32 Å². The molecule has 1 rings (SSSR count). The first-order valence-corrected chi connectivity index (χ1v) is 6.21. The molecule has 0 radical (unpaired) electrons. The van der Waals surface area contributed by atoms with Gasteiger partial charge in [0.05, 0.1) is 25.4 Å². The molecule has 4 nitrogen and oxygen atoms in total. The van der Waals surface area contributed by atoms with Gasteiger partial charge in [-0.15, -0.1) is 0 Å². The Kier molecular flexibility index (Phi) is 6.72. The van der Waals surface area contributed by atoms with Crippen molar-refractivity contribution in [3.8, 4) is 0 Å². The molecule has 0 amide bonds. The molecule has 0 spiro atoms. The molecule has 1 aromatic carbocycles. The minimum absolute atomic E-state index is 0.00335. The van der Waals surface area contributed by atoms with Crippen LogP contribution in [0.4, 0.5) is 5.69 Å². The maximum absolute atomic E-state index is 9.77. The van der Waals surface area contributed by atoms with Crippen LogP contribution in [-0.4, -0.2) is 44.2 Å². The summed E-state index contributed by atoms with van der Waals surface area (Å²) in [7, 11) is 1.63. The third kappa shape index (κ3) is 6.00. The van der Waals surface area contributed by atoms with Crippen molar-refractivity contribution in [3.05, 3.63) is 29.8 Å². The number of hydrogen-bond donors (Lipinski definition) is 2. The number of aryl methyl sites for hydroxylation is 1. The molecule has 0 saturated heterocycles. The molecule has 18 heavy (non-hydrogen) atoms. The highest BCUT2D eigenvalue weighted by Crippen LogP contribution is 2.09. The van der Waals surface area contributed by atoms with Gasteiger partial charge in [-0.3, -0.25) is 0 Å². The molecule has 102 valence electrons. The van der Waals surface area contributed by atoms with Gasteiger partial charge in [-0.05, 0) is 31.5 Å². The van der Waals surface area contributed by atoms with E-state index < -0.39 is 6.10 Å². The van der Waals surface area contributed by atoms with Crippen LogP contribution in [0.3, 0.4) is 0 Å². The maximum Gasteiger partial charge on any atom is 0.0945 e. The number of aliphatic hydroxyl groups excluding tert-OH is 1. The lowest BCUT2D eigenvalue weighted by atomic mass is 10.2. The van der Waals surface area contributed by atoms with Crippen LogP contribution in [0.1, 0.15) is 12.5 Å². The van der Waals surface area contributed by atoms with Crippen LogP contribution in [0.5, 0.6) is 0 Å². The molecule has 2 unspecified atom stereocenters. The molecule has 0 aliphatic heterocycles. The average molecular weight is 253 g/mol. The molecule has 4 heteroatoms. The highest BCUT2D eigenvalue weighted by molar-refractivity contribution is 5.45. The van der Waals surface area contributed by atoms with Crippen LogP contribution in [0, 0.1) is 6.92 Å². The SMILES string of the molecule is COCC(C)OCC(O)CNc1cccc(C)c1. The minimum atomic E-state index is -0.523. The Balaban J connectivity index is 2.22. The molecule has 0 aromatic heterocycles. The Labute approximate surface area is 109 Å². The average Bonchev–Trinajstić information content (AvgIpc) is 2.34. The molecule has 0 aliphatic rings. The fourth-order valence-electron chi connectivity index (χ4n) is 1.61. The lowest BCUT2D eigenvalue weighted by Gasteiger charge is -2.16. The van der Waals surface area contributed by atoms with Crippen molar-refractivity contribution < 1.29 is 14.6 Å². The number of benzene rings is 1. The van der Waals surface area contributed by atoms with E-state index in [1.165, 1.54) is 5.56 Å². The van der Waals surface area contributed by atoms with Gasteiger partial charge in [0.1, 0.15) is 0 Å². The second-order valence-electron chi connectivity index (χ2n) is 4.50. The first-order valence-electron chi connectivity index (χ1n) is 6.21. The summed E-state index contributed by atoms with van der Waals surface area (Å²) in [5.41, 5.74) is 2.21. The molecule has 0 aliphatic carbocycles. The van der Waals surface area contributed by atoms with Crippen molar-refractivity contribution in [2.75, 3.05) is 32.2 Å². The Morgan fingerprint density at radius 1 is 1.33 bits per heavy atom. The summed E-state index contributed by atoms with van der Waals surface area (Å²) < 4.78 is 10.4. The quantitative estimate of drug-likeness (QED) is 0.742. The molecule has 2 N–H and O–H groups in total. The Bertz CT molecular complexity index is 344. The zero-order valence-electron chi connectivity index (χ0n) is 11.3. The fourth-order valence-corrected chi connectivity index (χ4v) is 1.61. The number of rotatable bonds is 8. The molecular formula is C14H23NO3. The number of ether oxygens (including phenoxy) is 2. The van der Waals surface area contributed by atoms with Gasteiger partial charge in [-0.2, -0.15) is 0 Å². The van der Waals surface area contributed by atoms with Crippen molar-refractivity contribution in [1.82, 2.24) is 0 Å². The molecule has 0 fully saturated rings. The van der Waals surface area contributed by atoms with E-state index in [1.807, 2.05) is 38.1 Å². The van der Waals surface area contributed by atoms with Crippen LogP contribution in [-0.2, 0) is 9.47 Å². The molecular weight excluding hydrogens is 230 g/mol. The van der Waals surface area contributed by atoms with Gasteiger partial charge in [0.15, 0.2) is 0 Å². The van der Waals surface area contributed by atoms with Gasteiger partial charge in [-0.25, -0.2) is 0 Å². The number of aliphatic hydroxyl groups is 1. The summed E-state index contributed by atoms with van der Waals surface area (Å²) >= 11 is 0. The lowest BCUT2D eigenvalue weighted by molar-refractivity contribution is -0.0282. The summed E-state index contributed by atoms with van der Waals surface area (Å²) in [4.78, 5) is 0. The van der Waals surface area contributed by atoms with Gasteiger partial charge in [0.25, 0.3) is 0 Å². The smallest absolute Gasteiger partial charge is 0.0945 e. The van der Waals surface area contributed by atoms with Crippen LogP contribution in [0.15, 0.2) is 24.3 Å². The summed E-state index contributed by atoms with van der Waals surface area (Å²) in [6.07, 6.45) is -0.520. The van der Waals surface area contributed by atoms with Crippen LogP contribution in [0.2, 0.25) is 0 Å². The van der Waals surface area contributed by atoms with Crippen molar-refractivity contribution in [3.63, 3.8) is 0 Å². The third-order valence-electron chi connectivity index (χ3n) is 2.53. The summed E-state index contributed by atoms with van der Waals surface area (Å²) in [6.45, 7) is 5.28. The minimum Gasteiger partial charge on any atom is -0.389 e. The Hall–Kier alpha value is -1.10. The number of methoxy groups -OCH3 is 1. The van der Waals surface area contributed by atoms with Crippen LogP contribution < -0.4 is 5.32 Å². The van der Waals surface area contributed by atoms with Crippen LogP contribution in [0.25, 0.3) is 0 Å². The highest BCUT2D eigenvalue weighted by atomic mass is 16.5. The van der Waals surface area contributed by atoms with Crippen LogP contribution >= 0.6 is 0 Å². The third-order valence-corrected chi connectivity index (χ3v) is 2.53. The largest absolute Gasteiger partial charge is 0.389 e. The van der Waals surface area contributed by atoms with E-state index in [1.54, 1.807) is 7.11 Å². The van der Waals surface area contributed by atoms with E-state index in [-0.39, 0.29) is 6.10 Å². The zero-order valence-corrected chi connectivity index (χ0v) is 11.3. The fraction of sp³-hybridized carbons (Fsp3) is 0.571. The molecule has 2 atom stereocenters. The molecule has 0 saturated carbocycles. The van der Waals surface area contributed by atoms with Gasteiger partial charge in [0.2, 0.25) is 0 Å². The van der Waals surface area contributed by atoms with Crippen molar-refractivity contribution in [1.29, 1.82) is 0 Å². The second kappa shape index (κ2) is 8.08. The number of hydrogen-bond acceptors (Lipinski definition) is 4. The van der Waals surface area contributed by atoms with Gasteiger partial charge < -0.3 is 19.9 Å². The van der Waals surface area contributed by atoms with Crippen molar-refractivity contribution >= 4 is 5.69 Å². The first-order chi connectivity index (χ1) is 8.61. The van der Waals surface area contributed by atoms with Gasteiger partial charge in [0, 0.05) is 19.3 Å². The first kappa shape index (κ1) is 15.0. The van der Waals surface area contributed by atoms with Crippen molar-refractivity contribution in [2.45, 2.75) is 26.1 Å². The standard InChI is InChI=1S/C14H23NO3/c1-11-5-4-6-13(7-11)15-8-14(16)10-18-12(2)9-17-3/h4-7,12,14-16H,8-10H2,1-3H3. The van der Waals surface area contributed by atoms with Crippen molar-refractivity contribution in [2.24, 2.45) is 0 Å². The highest BCUT2D eigenvalue weighted by Gasteiger charge is 2.07. The number of anilines is 1. The Morgan fingerprint density at radius 3 is 2.78 bits per heavy atom. The predicted octanol–water partition coefficient (Wildman–Crippen LogP) is 1.82. The predicted molar refractivity (Wildman–Crippen MR) is 73.0 cm³/mol. The van der Waals surface area contributed by atoms with E-state index in [9.17, 15) is 5.11 Å². The topological polar surface area (TPSA) is 50.7 Å². The van der Waals surface area contributed by atoms with E-state index in [0.29, 0.717) is 19.8 Å². The van der Waals surface area contributed by atoms with E-state index in [0.717, 1.165) is 5.69 Å². The van der Waals surface area contributed by atoms with E-state index >= 15 is 0 Å². The summed E-state index contributed by atoms with van der Waals surface area (Å²) in [6, 6.07) is 8.05. The van der Waals surface area contributed by atoms with Gasteiger partial charge in [-0.1, -0.05) is 12.1 Å². The summed E-state index contributed by atoms with van der Waals surface area (Å²) in [5.74, 6) is 0. The lowest BCUT2D eigenvalue weighted by Crippen LogP contribution is -2.28. The molecule has 1 aromatic rings. The monoisotopic (exact) mass is 253 g/mol. The molecule has 0 bridgehead atoms. The maximum atomic E-state index is 9.77. The van der Waals surface area contributed by atoms with E-state index in [4.69, 9.17) is 9.47 Å². The molecule has 0 heterocycles. The number of nitrogens with one attached hydrogen (secondary N) is 1. The normalized spacial score (nSPS) is 14.2. The van der Waals surface area contributed by atoms with Gasteiger partial charge >= 0.3 is 0 Å². The second-order valence-corrected chi connectivity index (χ2v) is 4.50.